The van der Waals surface area contributed by atoms with E-state index in [1.54, 1.807) is 12.9 Å². The number of hydrogen-bond acceptors (Lipinski definition) is 3. The Kier molecular flexibility index (Phi) is 3.73. The van der Waals surface area contributed by atoms with E-state index < -0.39 is 5.97 Å². The Morgan fingerprint density at radius 1 is 1.00 bits per heavy atom. The van der Waals surface area contributed by atoms with Crippen LogP contribution < -0.4 is 0 Å². The molecule has 0 aliphatic rings. The highest BCUT2D eigenvalue weighted by Crippen LogP contribution is 2.32. The molecule has 0 heterocycles. The Morgan fingerprint density at radius 2 is 1.55 bits per heavy atom. The van der Waals surface area contributed by atoms with Crippen molar-refractivity contribution in [1.29, 1.82) is 0 Å². The monoisotopic (exact) mass is 290 g/mol. The highest BCUT2D eigenvalue weighted by Gasteiger charge is 2.20. The molecule has 0 saturated heterocycles. The SMILES string of the molecule is CCOC(=O)C(=C=O)c1c2ccccc2cc2ccccc12. The van der Waals surface area contributed by atoms with Gasteiger partial charge in [-0.3, -0.25) is 0 Å². The van der Waals surface area contributed by atoms with Crippen LogP contribution in [0.2, 0.25) is 0 Å². The van der Waals surface area contributed by atoms with Crippen LogP contribution in [-0.4, -0.2) is 18.5 Å². The van der Waals surface area contributed by atoms with Crippen molar-refractivity contribution in [1.82, 2.24) is 0 Å². The summed E-state index contributed by atoms with van der Waals surface area (Å²) in [6, 6.07) is 17.4. The molecule has 0 bridgehead atoms. The lowest BCUT2D eigenvalue weighted by molar-refractivity contribution is -0.135. The smallest absolute Gasteiger partial charge is 0.350 e. The van der Waals surface area contributed by atoms with E-state index in [-0.39, 0.29) is 12.2 Å². The average molecular weight is 290 g/mol. The zero-order valence-corrected chi connectivity index (χ0v) is 12.1. The van der Waals surface area contributed by atoms with Gasteiger partial charge in [-0.25, -0.2) is 9.59 Å². The van der Waals surface area contributed by atoms with Crippen LogP contribution >= 0.6 is 0 Å². The van der Waals surface area contributed by atoms with E-state index in [4.69, 9.17) is 4.74 Å². The molecule has 3 aromatic carbocycles. The van der Waals surface area contributed by atoms with Crippen LogP contribution in [0.1, 0.15) is 12.5 Å². The number of rotatable bonds is 3. The summed E-state index contributed by atoms with van der Waals surface area (Å²) in [5.41, 5.74) is 0.525. The molecule has 22 heavy (non-hydrogen) atoms. The molecule has 0 N–H and O–H groups in total. The number of fused-ring (bicyclic) bond motifs is 2. The number of benzene rings is 3. The summed E-state index contributed by atoms with van der Waals surface area (Å²) in [7, 11) is 0. The van der Waals surface area contributed by atoms with E-state index in [0.717, 1.165) is 21.5 Å². The van der Waals surface area contributed by atoms with Crippen LogP contribution in [0.4, 0.5) is 0 Å². The first kappa shape index (κ1) is 14.1. The van der Waals surface area contributed by atoms with Gasteiger partial charge in [0.15, 0.2) is 5.57 Å². The normalized spacial score (nSPS) is 10.4. The topological polar surface area (TPSA) is 43.4 Å². The average Bonchev–Trinajstić information content (AvgIpc) is 2.55. The van der Waals surface area contributed by atoms with Crippen molar-refractivity contribution < 1.29 is 14.3 Å². The molecule has 0 saturated carbocycles. The maximum absolute atomic E-state index is 12.1. The first-order chi connectivity index (χ1) is 10.8. The Hall–Kier alpha value is -2.90. The predicted octanol–water partition coefficient (Wildman–Crippen LogP) is 3.77. The molecule has 0 radical (unpaired) electrons. The molecule has 3 heteroatoms. The van der Waals surface area contributed by atoms with Gasteiger partial charge in [0.2, 0.25) is 0 Å². The van der Waals surface area contributed by atoms with Crippen molar-refractivity contribution in [3.63, 3.8) is 0 Å². The van der Waals surface area contributed by atoms with Gasteiger partial charge in [0.1, 0.15) is 5.94 Å². The van der Waals surface area contributed by atoms with E-state index in [1.807, 2.05) is 54.6 Å². The molecule has 0 aromatic heterocycles. The standard InChI is InChI=1S/C19H14O3/c1-2-22-19(21)17(12-20)18-15-9-5-3-7-13(15)11-14-8-4-6-10-16(14)18/h3-11H,2H2,1H3. The van der Waals surface area contributed by atoms with Crippen molar-refractivity contribution in [2.75, 3.05) is 6.61 Å². The fourth-order valence-electron chi connectivity index (χ4n) is 2.68. The fraction of sp³-hybridized carbons (Fsp3) is 0.105. The van der Waals surface area contributed by atoms with Gasteiger partial charge in [-0.15, -0.1) is 0 Å². The minimum atomic E-state index is -0.640. The van der Waals surface area contributed by atoms with E-state index in [0.29, 0.717) is 5.56 Å². The lowest BCUT2D eigenvalue weighted by Crippen LogP contribution is -2.08. The Bertz CT molecular complexity index is 864. The molecule has 108 valence electrons. The minimum absolute atomic E-state index is 0.0603. The van der Waals surface area contributed by atoms with Crippen LogP contribution in [0.15, 0.2) is 54.6 Å². The number of carbonyl (C=O) groups is 1. The highest BCUT2D eigenvalue weighted by molar-refractivity contribution is 6.31. The molecule has 3 nitrogen and oxygen atoms in total. The van der Waals surface area contributed by atoms with Gasteiger partial charge in [-0.2, -0.15) is 0 Å². The number of carbonyl (C=O) groups excluding carboxylic acids is 2. The van der Waals surface area contributed by atoms with Gasteiger partial charge < -0.3 is 4.74 Å². The first-order valence-electron chi connectivity index (χ1n) is 7.09. The molecule has 3 rings (SSSR count). The second kappa shape index (κ2) is 5.84. The molecule has 0 unspecified atom stereocenters. The van der Waals surface area contributed by atoms with Crippen molar-refractivity contribution in [2.45, 2.75) is 6.92 Å². The second-order valence-corrected chi connectivity index (χ2v) is 4.89. The second-order valence-electron chi connectivity index (χ2n) is 4.89. The van der Waals surface area contributed by atoms with E-state index in [9.17, 15) is 9.59 Å². The molecular formula is C19H14O3. The summed E-state index contributed by atoms with van der Waals surface area (Å²) in [6.45, 7) is 1.92. The van der Waals surface area contributed by atoms with Crippen LogP contribution in [0.3, 0.4) is 0 Å². The Labute approximate surface area is 127 Å². The third-order valence-electron chi connectivity index (χ3n) is 3.60. The molecule has 0 spiro atoms. The van der Waals surface area contributed by atoms with Gasteiger partial charge in [0.25, 0.3) is 0 Å². The molecule has 0 aliphatic heterocycles. The number of esters is 1. The molecule has 0 atom stereocenters. The summed E-state index contributed by atoms with van der Waals surface area (Å²) < 4.78 is 5.01. The van der Waals surface area contributed by atoms with Gasteiger partial charge in [0.05, 0.1) is 6.61 Å². The number of hydrogen-bond donors (Lipinski definition) is 0. The lowest BCUT2D eigenvalue weighted by atomic mass is 9.92. The van der Waals surface area contributed by atoms with Gasteiger partial charge in [-0.05, 0) is 34.5 Å². The van der Waals surface area contributed by atoms with Crippen LogP contribution in [0.5, 0.6) is 0 Å². The third-order valence-corrected chi connectivity index (χ3v) is 3.60. The maximum atomic E-state index is 12.1. The molecule has 3 aromatic rings. The van der Waals surface area contributed by atoms with Crippen molar-refractivity contribution >= 4 is 39.0 Å². The number of ether oxygens (including phenoxy) is 1. The van der Waals surface area contributed by atoms with Crippen LogP contribution in [-0.2, 0) is 14.3 Å². The van der Waals surface area contributed by atoms with Crippen molar-refractivity contribution in [2.24, 2.45) is 0 Å². The molecule has 0 amide bonds. The summed E-state index contributed by atoms with van der Waals surface area (Å²) in [5.74, 6) is 1.14. The molecule has 0 aliphatic carbocycles. The highest BCUT2D eigenvalue weighted by atomic mass is 16.5. The minimum Gasteiger partial charge on any atom is -0.462 e. The molecular weight excluding hydrogens is 276 g/mol. The lowest BCUT2D eigenvalue weighted by Gasteiger charge is -2.11. The molecule has 0 fully saturated rings. The maximum Gasteiger partial charge on any atom is 0.350 e. The van der Waals surface area contributed by atoms with Gasteiger partial charge >= 0.3 is 5.97 Å². The van der Waals surface area contributed by atoms with E-state index >= 15 is 0 Å². The Morgan fingerprint density at radius 3 is 2.05 bits per heavy atom. The quantitative estimate of drug-likeness (QED) is 0.319. The third kappa shape index (κ3) is 2.28. The summed E-state index contributed by atoms with van der Waals surface area (Å²) in [4.78, 5) is 23.6. The first-order valence-corrected chi connectivity index (χ1v) is 7.09. The fourth-order valence-corrected chi connectivity index (χ4v) is 2.68. The van der Waals surface area contributed by atoms with E-state index in [2.05, 4.69) is 0 Å². The van der Waals surface area contributed by atoms with Crippen LogP contribution in [0, 0.1) is 0 Å². The van der Waals surface area contributed by atoms with Gasteiger partial charge in [0, 0.05) is 5.56 Å². The van der Waals surface area contributed by atoms with Crippen LogP contribution in [0.25, 0.3) is 27.1 Å². The summed E-state index contributed by atoms with van der Waals surface area (Å²) in [5, 5.41) is 3.61. The van der Waals surface area contributed by atoms with Gasteiger partial charge in [-0.1, -0.05) is 48.5 Å². The van der Waals surface area contributed by atoms with E-state index in [1.165, 1.54) is 0 Å². The zero-order valence-electron chi connectivity index (χ0n) is 12.1. The summed E-state index contributed by atoms with van der Waals surface area (Å²) >= 11 is 0. The Balaban J connectivity index is 2.42. The summed E-state index contributed by atoms with van der Waals surface area (Å²) in [6.07, 6.45) is 0. The van der Waals surface area contributed by atoms with Crippen molar-refractivity contribution in [3.05, 3.63) is 60.2 Å². The zero-order chi connectivity index (χ0) is 15.5. The predicted molar refractivity (Wildman–Crippen MR) is 87.2 cm³/mol. The van der Waals surface area contributed by atoms with Crippen molar-refractivity contribution in [3.8, 4) is 0 Å². The largest absolute Gasteiger partial charge is 0.462 e.